The molecule has 1 atom stereocenters. The van der Waals surface area contributed by atoms with Gasteiger partial charge in [-0.15, -0.1) is 0 Å². The summed E-state index contributed by atoms with van der Waals surface area (Å²) in [5.41, 5.74) is 0. The number of ether oxygens (including phenoxy) is 3. The number of carbonyl (C=O) groups is 3. The number of carbonyl (C=O) groups excluding carboxylic acids is 3. The molecule has 0 aromatic rings. The van der Waals surface area contributed by atoms with Crippen LogP contribution in [-0.2, 0) is 28.6 Å². The number of hydrogen-bond donors (Lipinski definition) is 0. The fraction of sp³-hybridized carbons (Fsp3) is 0.475. The van der Waals surface area contributed by atoms with Crippen LogP contribution < -0.4 is 0 Å². The third-order valence-corrected chi connectivity index (χ3v) is 9.22. The molecule has 0 heterocycles. The zero-order chi connectivity index (χ0) is 47.2. The molecule has 6 heteroatoms. The topological polar surface area (TPSA) is 78.9 Å². The maximum atomic E-state index is 12.8. The fourth-order valence-electron chi connectivity index (χ4n) is 5.65. The second-order valence-corrected chi connectivity index (χ2v) is 15.2. The van der Waals surface area contributed by atoms with Crippen LogP contribution in [0.15, 0.2) is 170 Å². The van der Waals surface area contributed by atoms with Crippen LogP contribution in [0.5, 0.6) is 0 Å². The Bertz CT molecular complexity index is 1590. The van der Waals surface area contributed by atoms with Gasteiger partial charge in [-0.1, -0.05) is 191 Å². The summed E-state index contributed by atoms with van der Waals surface area (Å²) in [6, 6.07) is 0. The lowest BCUT2D eigenvalue weighted by molar-refractivity contribution is -0.166. The molecular formula is C59H86O6. The maximum absolute atomic E-state index is 12.8. The first-order chi connectivity index (χ1) is 32.0. The number of unbranched alkanes of at least 4 members (excludes halogenated alkanes) is 2. The Morgan fingerprint density at radius 3 is 0.862 bits per heavy atom. The second kappa shape index (κ2) is 51.4. The summed E-state index contributed by atoms with van der Waals surface area (Å²) in [5, 5.41) is 0. The van der Waals surface area contributed by atoms with E-state index in [1.54, 1.807) is 0 Å². The van der Waals surface area contributed by atoms with Gasteiger partial charge in [-0.3, -0.25) is 14.4 Å². The molecule has 0 radical (unpaired) electrons. The lowest BCUT2D eigenvalue weighted by Crippen LogP contribution is -2.30. The van der Waals surface area contributed by atoms with E-state index in [0.717, 1.165) is 103 Å². The van der Waals surface area contributed by atoms with E-state index in [0.29, 0.717) is 19.3 Å². The van der Waals surface area contributed by atoms with Crippen LogP contribution in [0.25, 0.3) is 0 Å². The van der Waals surface area contributed by atoms with Crippen LogP contribution >= 0.6 is 0 Å². The average Bonchev–Trinajstić information content (AvgIpc) is 3.30. The van der Waals surface area contributed by atoms with E-state index in [2.05, 4.69) is 167 Å². The first-order valence-electron chi connectivity index (χ1n) is 24.6. The first-order valence-corrected chi connectivity index (χ1v) is 24.6. The minimum Gasteiger partial charge on any atom is -0.462 e. The van der Waals surface area contributed by atoms with Crippen molar-refractivity contribution in [3.05, 3.63) is 170 Å². The molecule has 0 rings (SSSR count). The van der Waals surface area contributed by atoms with Crippen molar-refractivity contribution in [1.82, 2.24) is 0 Å². The number of hydrogen-bond acceptors (Lipinski definition) is 6. The van der Waals surface area contributed by atoms with Crippen LogP contribution in [0.4, 0.5) is 0 Å². The van der Waals surface area contributed by atoms with E-state index in [1.807, 2.05) is 24.3 Å². The zero-order valence-corrected chi connectivity index (χ0v) is 40.7. The smallest absolute Gasteiger partial charge is 0.306 e. The fourth-order valence-corrected chi connectivity index (χ4v) is 5.65. The Hall–Kier alpha value is -5.23. The highest BCUT2D eigenvalue weighted by Crippen LogP contribution is 2.08. The van der Waals surface area contributed by atoms with Crippen molar-refractivity contribution in [2.24, 2.45) is 0 Å². The van der Waals surface area contributed by atoms with Gasteiger partial charge in [0.25, 0.3) is 0 Å². The molecule has 6 nitrogen and oxygen atoms in total. The Morgan fingerprint density at radius 1 is 0.308 bits per heavy atom. The van der Waals surface area contributed by atoms with Crippen LogP contribution in [0.1, 0.15) is 162 Å². The van der Waals surface area contributed by atoms with Gasteiger partial charge in [0.15, 0.2) is 6.10 Å². The molecule has 0 bridgehead atoms. The van der Waals surface area contributed by atoms with Crippen LogP contribution in [0.3, 0.4) is 0 Å². The van der Waals surface area contributed by atoms with Crippen molar-refractivity contribution in [2.75, 3.05) is 13.2 Å². The van der Waals surface area contributed by atoms with Crippen molar-refractivity contribution in [2.45, 2.75) is 168 Å². The minimum atomic E-state index is -0.868. The van der Waals surface area contributed by atoms with Crippen LogP contribution in [0.2, 0.25) is 0 Å². The molecule has 65 heavy (non-hydrogen) atoms. The summed E-state index contributed by atoms with van der Waals surface area (Å²) in [5.74, 6) is -1.19. The van der Waals surface area contributed by atoms with Crippen molar-refractivity contribution in [3.63, 3.8) is 0 Å². The molecule has 0 amide bonds. The molecule has 0 saturated carbocycles. The normalized spacial score (nSPS) is 13.6. The van der Waals surface area contributed by atoms with Gasteiger partial charge in [-0.25, -0.2) is 0 Å². The Kier molecular flexibility index (Phi) is 47.3. The number of rotatable bonds is 41. The van der Waals surface area contributed by atoms with Gasteiger partial charge < -0.3 is 14.2 Å². The lowest BCUT2D eigenvalue weighted by atomic mass is 10.2. The van der Waals surface area contributed by atoms with Crippen LogP contribution in [0, 0.1) is 0 Å². The minimum absolute atomic E-state index is 0.166. The Morgan fingerprint density at radius 2 is 0.569 bits per heavy atom. The zero-order valence-electron chi connectivity index (χ0n) is 40.7. The molecule has 0 N–H and O–H groups in total. The Balaban J connectivity index is 4.69. The molecule has 0 aliphatic heterocycles. The van der Waals surface area contributed by atoms with E-state index >= 15 is 0 Å². The molecule has 0 aliphatic rings. The predicted octanol–water partition coefficient (Wildman–Crippen LogP) is 16.4. The highest BCUT2D eigenvalue weighted by Gasteiger charge is 2.19. The third-order valence-electron chi connectivity index (χ3n) is 9.22. The van der Waals surface area contributed by atoms with E-state index in [4.69, 9.17) is 14.2 Å². The molecule has 358 valence electrons. The predicted molar refractivity (Wildman–Crippen MR) is 278 cm³/mol. The average molecular weight is 891 g/mol. The standard InChI is InChI=1S/C59H86O6/c1-4-7-10-13-16-19-22-25-27-28-29-30-32-34-37-40-43-46-49-52-58(61)64-55-56(54-63-57(60)51-48-45-42-39-36-33-24-21-18-15-12-9-6-3)65-59(62)53-50-47-44-41-38-35-31-26-23-20-17-14-11-8-5-2/h7-12,16-21,25-27,29-31,33-34,36-38,41-43,45-46,56H,4-6,13-15,22-24,28,32,35,39-40,44,47-55H2,1-3H3/b10-7-,11-8-,12-9-,19-16-,20-17-,21-18-,27-25-,30-29-,31-26-,36-33-,37-34-,41-38-,45-42-,46-43-. The molecule has 0 fully saturated rings. The summed E-state index contributed by atoms with van der Waals surface area (Å²) in [6.45, 7) is 6.08. The molecule has 1 unspecified atom stereocenters. The second-order valence-electron chi connectivity index (χ2n) is 15.2. The summed E-state index contributed by atoms with van der Waals surface area (Å²) in [6.07, 6.45) is 76.5. The van der Waals surface area contributed by atoms with Crippen molar-refractivity contribution < 1.29 is 28.6 Å². The quantitative estimate of drug-likeness (QED) is 0.0263. The van der Waals surface area contributed by atoms with Crippen molar-refractivity contribution >= 4 is 17.9 Å². The molecular weight excluding hydrogens is 805 g/mol. The van der Waals surface area contributed by atoms with Gasteiger partial charge in [-0.2, -0.15) is 0 Å². The van der Waals surface area contributed by atoms with E-state index in [9.17, 15) is 14.4 Å². The summed E-state index contributed by atoms with van der Waals surface area (Å²) in [4.78, 5) is 37.9. The van der Waals surface area contributed by atoms with Gasteiger partial charge in [-0.05, 0) is 122 Å². The molecule has 0 aromatic heterocycles. The monoisotopic (exact) mass is 891 g/mol. The molecule has 0 aliphatic carbocycles. The van der Waals surface area contributed by atoms with Crippen molar-refractivity contribution in [1.29, 1.82) is 0 Å². The van der Waals surface area contributed by atoms with Crippen LogP contribution in [-0.4, -0.2) is 37.2 Å². The first kappa shape index (κ1) is 59.8. The number of allylic oxidation sites excluding steroid dienone is 28. The largest absolute Gasteiger partial charge is 0.462 e. The summed E-state index contributed by atoms with van der Waals surface area (Å²) in [7, 11) is 0. The molecule has 0 aromatic carbocycles. The third kappa shape index (κ3) is 49.6. The SMILES string of the molecule is CC/C=C\C/C=C\C/C=C\C/C=C\C/C=C\C/C=C\CCC(=O)OCC(COC(=O)CC/C=C\C/C=C\C/C=C\C/C=C\CC)OC(=O)CCCC/C=C\C/C=C\C/C=C\C/C=C\CC. The van der Waals surface area contributed by atoms with Crippen molar-refractivity contribution in [3.8, 4) is 0 Å². The molecule has 0 spiro atoms. The van der Waals surface area contributed by atoms with Gasteiger partial charge in [0.2, 0.25) is 0 Å². The molecule has 0 saturated heterocycles. The Labute approximate surface area is 396 Å². The van der Waals surface area contributed by atoms with E-state index < -0.39 is 24.0 Å². The maximum Gasteiger partial charge on any atom is 0.306 e. The number of esters is 3. The highest BCUT2D eigenvalue weighted by atomic mass is 16.6. The summed E-state index contributed by atoms with van der Waals surface area (Å²) < 4.78 is 16.6. The van der Waals surface area contributed by atoms with Gasteiger partial charge in [0.1, 0.15) is 13.2 Å². The van der Waals surface area contributed by atoms with E-state index in [1.165, 1.54) is 0 Å². The highest BCUT2D eigenvalue weighted by molar-refractivity contribution is 5.71. The summed E-state index contributed by atoms with van der Waals surface area (Å²) >= 11 is 0. The lowest BCUT2D eigenvalue weighted by Gasteiger charge is -2.18. The van der Waals surface area contributed by atoms with Gasteiger partial charge in [0.05, 0.1) is 0 Å². The van der Waals surface area contributed by atoms with Gasteiger partial charge >= 0.3 is 17.9 Å². The van der Waals surface area contributed by atoms with E-state index in [-0.39, 0.29) is 32.5 Å². The van der Waals surface area contributed by atoms with Gasteiger partial charge in [0, 0.05) is 19.3 Å².